The molecular formula is C18H30N2O6S. The van der Waals surface area contributed by atoms with E-state index in [1.165, 1.54) is 6.92 Å². The topological polar surface area (TPSA) is 125 Å². The van der Waals surface area contributed by atoms with Gasteiger partial charge in [-0.15, -0.1) is 0 Å². The Morgan fingerprint density at radius 2 is 1.93 bits per heavy atom. The van der Waals surface area contributed by atoms with Gasteiger partial charge in [-0.05, 0) is 46.2 Å². The Labute approximate surface area is 161 Å². The molecule has 1 atom stereocenters. The van der Waals surface area contributed by atoms with Gasteiger partial charge >= 0.3 is 0 Å². The SMILES string of the molecule is CC(C)(C)NCC(O)COc1cccc2c1CCC(=O)N2.CCS(=O)(=O)O. The second-order valence-corrected chi connectivity index (χ2v) is 9.04. The van der Waals surface area contributed by atoms with E-state index in [1.54, 1.807) is 0 Å². The third-order valence-corrected chi connectivity index (χ3v) is 4.40. The number of carbonyl (C=O) groups excluding carboxylic acids is 1. The molecular weight excluding hydrogens is 372 g/mol. The second kappa shape index (κ2) is 10.0. The fraction of sp³-hybridized carbons (Fsp3) is 0.611. The Hall–Kier alpha value is -1.68. The van der Waals surface area contributed by atoms with Crippen LogP contribution in [0.3, 0.4) is 0 Å². The number of hydrogen-bond acceptors (Lipinski definition) is 6. The molecule has 8 nitrogen and oxygen atoms in total. The third-order valence-electron chi connectivity index (χ3n) is 3.67. The molecule has 1 aromatic rings. The van der Waals surface area contributed by atoms with E-state index in [1.807, 2.05) is 18.2 Å². The highest BCUT2D eigenvalue weighted by atomic mass is 32.2. The van der Waals surface area contributed by atoms with Crippen LogP contribution >= 0.6 is 0 Å². The van der Waals surface area contributed by atoms with Crippen molar-refractivity contribution in [3.8, 4) is 5.75 Å². The molecule has 1 heterocycles. The molecule has 0 spiro atoms. The van der Waals surface area contributed by atoms with Crippen LogP contribution in [0.4, 0.5) is 5.69 Å². The lowest BCUT2D eigenvalue weighted by atomic mass is 10.0. The maximum atomic E-state index is 11.4. The number of amides is 1. The lowest BCUT2D eigenvalue weighted by Gasteiger charge is -2.24. The van der Waals surface area contributed by atoms with Crippen molar-refractivity contribution >= 4 is 21.7 Å². The summed E-state index contributed by atoms with van der Waals surface area (Å²) in [5, 5.41) is 16.0. The normalized spacial score (nSPS) is 15.1. The van der Waals surface area contributed by atoms with Gasteiger partial charge in [0.1, 0.15) is 18.5 Å². The van der Waals surface area contributed by atoms with Gasteiger partial charge in [0, 0.05) is 29.8 Å². The summed E-state index contributed by atoms with van der Waals surface area (Å²) in [6, 6.07) is 5.59. The van der Waals surface area contributed by atoms with E-state index in [2.05, 4.69) is 31.4 Å². The minimum absolute atomic E-state index is 0.0306. The number of benzene rings is 1. The molecule has 1 aromatic carbocycles. The van der Waals surface area contributed by atoms with Crippen LogP contribution in [0.1, 0.15) is 39.7 Å². The summed E-state index contributed by atoms with van der Waals surface area (Å²) < 4.78 is 32.6. The smallest absolute Gasteiger partial charge is 0.264 e. The maximum absolute atomic E-state index is 11.4. The molecule has 2 rings (SSSR count). The van der Waals surface area contributed by atoms with Gasteiger partial charge in [0.05, 0.1) is 5.75 Å². The van der Waals surface area contributed by atoms with Crippen molar-refractivity contribution in [1.29, 1.82) is 0 Å². The Morgan fingerprint density at radius 3 is 2.48 bits per heavy atom. The molecule has 154 valence electrons. The van der Waals surface area contributed by atoms with Gasteiger partial charge in [-0.2, -0.15) is 8.42 Å². The molecule has 1 aliphatic heterocycles. The zero-order valence-corrected chi connectivity index (χ0v) is 17.1. The van der Waals surface area contributed by atoms with Crippen molar-refractivity contribution in [2.75, 3.05) is 24.2 Å². The molecule has 1 amide bonds. The minimum Gasteiger partial charge on any atom is -0.490 e. The van der Waals surface area contributed by atoms with Crippen molar-refractivity contribution in [3.63, 3.8) is 0 Å². The number of β-amino-alcohol motifs (C(OH)–C–C–N with tert-alkyl or cyclic N) is 1. The summed E-state index contributed by atoms with van der Waals surface area (Å²) in [6.45, 7) is 8.24. The Balaban J connectivity index is 0.000000527. The van der Waals surface area contributed by atoms with Crippen LogP contribution in [-0.2, 0) is 21.3 Å². The molecule has 0 aromatic heterocycles. The van der Waals surface area contributed by atoms with Crippen LogP contribution < -0.4 is 15.4 Å². The van der Waals surface area contributed by atoms with Crippen LogP contribution in [-0.4, -0.2) is 54.5 Å². The molecule has 4 N–H and O–H groups in total. The van der Waals surface area contributed by atoms with Crippen molar-refractivity contribution in [3.05, 3.63) is 23.8 Å². The molecule has 0 bridgehead atoms. The van der Waals surface area contributed by atoms with E-state index in [0.717, 1.165) is 17.0 Å². The average Bonchev–Trinajstić information content (AvgIpc) is 2.57. The van der Waals surface area contributed by atoms with Crippen molar-refractivity contribution in [2.24, 2.45) is 0 Å². The monoisotopic (exact) mass is 402 g/mol. The first-order valence-corrected chi connectivity index (χ1v) is 10.4. The number of rotatable bonds is 6. The number of carbonyl (C=O) groups is 1. The van der Waals surface area contributed by atoms with E-state index in [0.29, 0.717) is 19.4 Å². The highest BCUT2D eigenvalue weighted by Gasteiger charge is 2.19. The molecule has 1 aliphatic rings. The third kappa shape index (κ3) is 9.71. The van der Waals surface area contributed by atoms with E-state index >= 15 is 0 Å². The summed E-state index contributed by atoms with van der Waals surface area (Å²) >= 11 is 0. The molecule has 0 saturated carbocycles. The predicted octanol–water partition coefficient (Wildman–Crippen LogP) is 1.59. The zero-order valence-electron chi connectivity index (χ0n) is 16.3. The van der Waals surface area contributed by atoms with E-state index in [-0.39, 0.29) is 23.8 Å². The van der Waals surface area contributed by atoms with Crippen LogP contribution in [0.2, 0.25) is 0 Å². The average molecular weight is 403 g/mol. The number of fused-ring (bicyclic) bond motifs is 1. The quantitative estimate of drug-likeness (QED) is 0.533. The van der Waals surface area contributed by atoms with Gasteiger partial charge in [0.25, 0.3) is 10.1 Å². The predicted molar refractivity (Wildman–Crippen MR) is 105 cm³/mol. The molecule has 0 aliphatic carbocycles. The Kier molecular flexibility index (Phi) is 8.67. The van der Waals surface area contributed by atoms with Gasteiger partial charge < -0.3 is 20.5 Å². The molecule has 9 heteroatoms. The number of aliphatic hydroxyl groups excluding tert-OH is 1. The molecule has 0 radical (unpaired) electrons. The zero-order chi connectivity index (χ0) is 20.7. The van der Waals surface area contributed by atoms with E-state index in [4.69, 9.17) is 9.29 Å². The fourth-order valence-corrected chi connectivity index (χ4v) is 2.20. The number of aliphatic hydroxyl groups is 1. The second-order valence-electron chi connectivity index (χ2n) is 7.30. The lowest BCUT2D eigenvalue weighted by molar-refractivity contribution is -0.116. The number of nitrogens with one attached hydrogen (secondary N) is 2. The van der Waals surface area contributed by atoms with Gasteiger partial charge in [-0.25, -0.2) is 0 Å². The van der Waals surface area contributed by atoms with E-state index in [9.17, 15) is 18.3 Å². The first-order valence-electron chi connectivity index (χ1n) is 8.84. The molecule has 1 unspecified atom stereocenters. The largest absolute Gasteiger partial charge is 0.490 e. The van der Waals surface area contributed by atoms with Crippen LogP contribution in [0.5, 0.6) is 5.75 Å². The summed E-state index contributed by atoms with van der Waals surface area (Å²) in [7, 11) is -3.66. The summed E-state index contributed by atoms with van der Waals surface area (Å²) in [5.41, 5.74) is 1.79. The van der Waals surface area contributed by atoms with Gasteiger partial charge in [-0.1, -0.05) is 6.07 Å². The van der Waals surface area contributed by atoms with Gasteiger partial charge in [-0.3, -0.25) is 9.35 Å². The Morgan fingerprint density at radius 1 is 1.30 bits per heavy atom. The fourth-order valence-electron chi connectivity index (χ4n) is 2.20. The number of anilines is 1. The maximum Gasteiger partial charge on any atom is 0.264 e. The Bertz CT molecular complexity index is 728. The number of ether oxygens (including phenoxy) is 1. The molecule has 0 fully saturated rings. The first-order chi connectivity index (χ1) is 12.4. The highest BCUT2D eigenvalue weighted by molar-refractivity contribution is 7.85. The first kappa shape index (κ1) is 23.4. The standard InChI is InChI=1S/C16H24N2O3.C2H6O3S/c1-16(2,3)17-9-11(19)10-21-14-6-4-5-13-12(14)7-8-15(20)18-13;1-2-6(3,4)5/h4-6,11,17,19H,7-10H2,1-3H3,(H,18,20);2H2,1H3,(H,3,4,5). The molecule has 27 heavy (non-hydrogen) atoms. The van der Waals surface area contributed by atoms with Crippen molar-refractivity contribution < 1.29 is 27.6 Å². The van der Waals surface area contributed by atoms with E-state index < -0.39 is 16.2 Å². The van der Waals surface area contributed by atoms with Crippen LogP contribution in [0.15, 0.2) is 18.2 Å². The molecule has 0 saturated heterocycles. The minimum atomic E-state index is -3.66. The van der Waals surface area contributed by atoms with Crippen molar-refractivity contribution in [2.45, 2.75) is 52.2 Å². The van der Waals surface area contributed by atoms with Crippen molar-refractivity contribution in [1.82, 2.24) is 5.32 Å². The highest BCUT2D eigenvalue weighted by Crippen LogP contribution is 2.31. The van der Waals surface area contributed by atoms with Crippen LogP contribution in [0.25, 0.3) is 0 Å². The van der Waals surface area contributed by atoms with Gasteiger partial charge in [0.15, 0.2) is 0 Å². The number of hydrogen-bond donors (Lipinski definition) is 4. The summed E-state index contributed by atoms with van der Waals surface area (Å²) in [6.07, 6.45) is 0.577. The van der Waals surface area contributed by atoms with Crippen LogP contribution in [0, 0.1) is 0 Å². The lowest BCUT2D eigenvalue weighted by Crippen LogP contribution is -2.42. The summed E-state index contributed by atoms with van der Waals surface area (Å²) in [4.78, 5) is 11.4. The summed E-state index contributed by atoms with van der Waals surface area (Å²) in [5.74, 6) is 0.573. The van der Waals surface area contributed by atoms with Gasteiger partial charge in [0.2, 0.25) is 5.91 Å².